The lowest BCUT2D eigenvalue weighted by Gasteiger charge is -2.49. The number of hydrogen-bond acceptors (Lipinski definition) is 3. The Kier molecular flexibility index (Phi) is 6.52. The Morgan fingerprint density at radius 3 is 2.46 bits per heavy atom. The van der Waals surface area contributed by atoms with Crippen molar-refractivity contribution >= 4 is 11.6 Å². The van der Waals surface area contributed by atoms with Crippen LogP contribution in [0.1, 0.15) is 22.3 Å². The fourth-order valence-corrected chi connectivity index (χ4v) is 5.28. The van der Waals surface area contributed by atoms with E-state index in [4.69, 9.17) is 0 Å². The van der Waals surface area contributed by atoms with Crippen LogP contribution in [0.4, 0.5) is 18.9 Å². The fraction of sp³-hybridized carbons (Fsp3) is 0.321. The molecule has 2 aliphatic rings. The van der Waals surface area contributed by atoms with Crippen molar-refractivity contribution < 1.29 is 18.0 Å². The zero-order valence-electron chi connectivity index (χ0n) is 19.3. The quantitative estimate of drug-likeness (QED) is 0.566. The number of carbonyl (C=O) groups is 1. The molecule has 2 aliphatic heterocycles. The maximum atomic E-state index is 13.4. The van der Waals surface area contributed by atoms with Gasteiger partial charge in [-0.2, -0.15) is 13.2 Å². The summed E-state index contributed by atoms with van der Waals surface area (Å²) in [5, 5.41) is 2.92. The number of carbonyl (C=O) groups excluding carboxylic acids is 1. The number of alkyl halides is 3. The number of benzene rings is 3. The van der Waals surface area contributed by atoms with Gasteiger partial charge in [-0.15, -0.1) is 0 Å². The number of nitrogens with zero attached hydrogens (tertiary/aromatic N) is 2. The largest absolute Gasteiger partial charge is 0.416 e. The number of para-hydroxylation sites is 1. The zero-order valence-corrected chi connectivity index (χ0v) is 19.3. The molecule has 0 aromatic heterocycles. The van der Waals surface area contributed by atoms with Crippen molar-refractivity contribution in [2.24, 2.45) is 5.92 Å². The average molecular weight is 480 g/mol. The van der Waals surface area contributed by atoms with Crippen LogP contribution in [0.2, 0.25) is 0 Å². The van der Waals surface area contributed by atoms with Crippen LogP contribution >= 0.6 is 0 Å². The molecule has 1 fully saturated rings. The summed E-state index contributed by atoms with van der Waals surface area (Å²) < 4.78 is 39.2. The van der Waals surface area contributed by atoms with Crippen LogP contribution in [0, 0.1) is 5.92 Å². The summed E-state index contributed by atoms with van der Waals surface area (Å²) in [6.45, 7) is 3.38. The molecule has 7 heteroatoms. The van der Waals surface area contributed by atoms with Crippen LogP contribution in [0.5, 0.6) is 0 Å². The third kappa shape index (κ3) is 5.20. The van der Waals surface area contributed by atoms with Gasteiger partial charge in [0.15, 0.2) is 0 Å². The predicted octanol–water partition coefficient (Wildman–Crippen LogP) is 4.88. The molecule has 35 heavy (non-hydrogen) atoms. The average Bonchev–Trinajstić information content (AvgIpc) is 2.87. The van der Waals surface area contributed by atoms with Gasteiger partial charge in [-0.05, 0) is 41.3 Å². The van der Waals surface area contributed by atoms with Crippen LogP contribution in [-0.2, 0) is 30.5 Å². The first kappa shape index (κ1) is 23.4. The summed E-state index contributed by atoms with van der Waals surface area (Å²) in [6.07, 6.45) is -3.79. The van der Waals surface area contributed by atoms with Gasteiger partial charge in [-0.3, -0.25) is 9.69 Å². The Hall–Kier alpha value is -3.32. The molecular weight excluding hydrogens is 451 g/mol. The first-order chi connectivity index (χ1) is 16.9. The van der Waals surface area contributed by atoms with Crippen molar-refractivity contribution in [3.8, 4) is 0 Å². The Morgan fingerprint density at radius 1 is 0.914 bits per heavy atom. The van der Waals surface area contributed by atoms with Crippen molar-refractivity contribution in [3.05, 3.63) is 101 Å². The van der Waals surface area contributed by atoms with E-state index in [1.165, 1.54) is 17.3 Å². The molecule has 5 rings (SSSR count). The molecule has 1 saturated heterocycles. The van der Waals surface area contributed by atoms with Crippen LogP contribution in [0.3, 0.4) is 0 Å². The maximum Gasteiger partial charge on any atom is 0.416 e. The van der Waals surface area contributed by atoms with Gasteiger partial charge in [-0.25, -0.2) is 0 Å². The van der Waals surface area contributed by atoms with E-state index in [0.29, 0.717) is 12.0 Å². The lowest BCUT2D eigenvalue weighted by molar-refractivity contribution is -0.137. The standard InChI is InChI=1S/C28H28F3N3O/c29-28(30,31)23-11-6-9-21(15-23)17-32-27(35)24-16-22-10-4-5-12-25(22)34-14-13-33(19-26(24)34)18-20-7-2-1-3-8-20/h1-12,15,24,26H,13-14,16-19H2,(H,32,35)/t24-,26+/m1/s1. The molecule has 2 atom stereocenters. The van der Waals surface area contributed by atoms with E-state index in [1.54, 1.807) is 6.07 Å². The topological polar surface area (TPSA) is 35.6 Å². The molecule has 0 unspecified atom stereocenters. The highest BCUT2D eigenvalue weighted by atomic mass is 19.4. The van der Waals surface area contributed by atoms with Crippen LogP contribution in [0.15, 0.2) is 78.9 Å². The molecule has 3 aromatic carbocycles. The Balaban J connectivity index is 1.33. The number of halogens is 3. The molecule has 0 saturated carbocycles. The SMILES string of the molecule is O=C(NCc1cccc(C(F)(F)F)c1)[C@@H]1Cc2ccccc2N2CCN(Cc3ccccc3)C[C@@H]12. The lowest BCUT2D eigenvalue weighted by atomic mass is 9.83. The van der Waals surface area contributed by atoms with Crippen LogP contribution < -0.4 is 10.2 Å². The van der Waals surface area contributed by atoms with Crippen molar-refractivity contribution in [2.45, 2.75) is 31.7 Å². The van der Waals surface area contributed by atoms with Gasteiger partial charge in [0.05, 0.1) is 17.5 Å². The molecule has 0 bridgehead atoms. The van der Waals surface area contributed by atoms with Crippen molar-refractivity contribution in [1.82, 2.24) is 10.2 Å². The monoisotopic (exact) mass is 479 g/mol. The maximum absolute atomic E-state index is 13.4. The van der Waals surface area contributed by atoms with Gasteiger partial charge in [0.2, 0.25) is 5.91 Å². The second kappa shape index (κ2) is 9.74. The second-order valence-corrected chi connectivity index (χ2v) is 9.34. The van der Waals surface area contributed by atoms with Crippen LogP contribution in [0.25, 0.3) is 0 Å². The summed E-state index contributed by atoms with van der Waals surface area (Å²) in [7, 11) is 0. The minimum Gasteiger partial charge on any atom is -0.365 e. The molecule has 2 heterocycles. The highest BCUT2D eigenvalue weighted by Gasteiger charge is 2.41. The predicted molar refractivity (Wildman–Crippen MR) is 130 cm³/mol. The van der Waals surface area contributed by atoms with E-state index in [1.807, 2.05) is 30.3 Å². The Labute approximate surface area is 203 Å². The first-order valence-corrected chi connectivity index (χ1v) is 11.9. The third-order valence-electron chi connectivity index (χ3n) is 7.01. The number of rotatable bonds is 5. The Morgan fingerprint density at radius 2 is 1.66 bits per heavy atom. The highest BCUT2D eigenvalue weighted by molar-refractivity contribution is 5.82. The van der Waals surface area contributed by atoms with Crippen LogP contribution in [-0.4, -0.2) is 36.5 Å². The number of nitrogens with one attached hydrogen (secondary N) is 1. The molecular formula is C28H28F3N3O. The molecule has 0 radical (unpaired) electrons. The minimum atomic E-state index is -4.40. The molecule has 1 amide bonds. The number of hydrogen-bond donors (Lipinski definition) is 1. The number of fused-ring (bicyclic) bond motifs is 3. The summed E-state index contributed by atoms with van der Waals surface area (Å²) in [5.41, 5.74) is 3.29. The van der Waals surface area contributed by atoms with Gasteiger partial charge in [0.25, 0.3) is 0 Å². The first-order valence-electron chi connectivity index (χ1n) is 11.9. The van der Waals surface area contributed by atoms with Gasteiger partial charge in [0, 0.05) is 38.4 Å². The smallest absolute Gasteiger partial charge is 0.365 e. The third-order valence-corrected chi connectivity index (χ3v) is 7.01. The molecule has 0 spiro atoms. The summed E-state index contributed by atoms with van der Waals surface area (Å²) >= 11 is 0. The van der Waals surface area contributed by atoms with E-state index in [-0.39, 0.29) is 24.4 Å². The number of piperazine rings is 1. The zero-order chi connectivity index (χ0) is 24.4. The normalized spacial score (nSPS) is 20.1. The van der Waals surface area contributed by atoms with E-state index in [9.17, 15) is 18.0 Å². The van der Waals surface area contributed by atoms with Gasteiger partial charge < -0.3 is 10.2 Å². The molecule has 1 N–H and O–H groups in total. The number of anilines is 1. The highest BCUT2D eigenvalue weighted by Crippen LogP contribution is 2.36. The van der Waals surface area contributed by atoms with Gasteiger partial charge in [0.1, 0.15) is 0 Å². The van der Waals surface area contributed by atoms with E-state index in [2.05, 4.69) is 39.4 Å². The van der Waals surface area contributed by atoms with Crippen molar-refractivity contribution in [3.63, 3.8) is 0 Å². The van der Waals surface area contributed by atoms with Gasteiger partial charge >= 0.3 is 6.18 Å². The molecule has 3 aromatic rings. The van der Waals surface area contributed by atoms with Crippen molar-refractivity contribution in [2.75, 3.05) is 24.5 Å². The summed E-state index contributed by atoms with van der Waals surface area (Å²) in [5.74, 6) is -0.400. The molecule has 0 aliphatic carbocycles. The summed E-state index contributed by atoms with van der Waals surface area (Å²) in [4.78, 5) is 18.1. The number of amides is 1. The van der Waals surface area contributed by atoms with Gasteiger partial charge in [-0.1, -0.05) is 60.7 Å². The van der Waals surface area contributed by atoms with E-state index in [0.717, 1.165) is 43.9 Å². The molecule has 182 valence electrons. The minimum absolute atomic E-state index is 0.00358. The Bertz CT molecular complexity index is 1180. The molecule has 4 nitrogen and oxygen atoms in total. The lowest BCUT2D eigenvalue weighted by Crippen LogP contribution is -2.60. The van der Waals surface area contributed by atoms with E-state index < -0.39 is 11.7 Å². The summed E-state index contributed by atoms with van der Waals surface area (Å²) in [6, 6.07) is 23.6. The van der Waals surface area contributed by atoms with Crippen molar-refractivity contribution in [1.29, 1.82) is 0 Å². The fourth-order valence-electron chi connectivity index (χ4n) is 5.28. The van der Waals surface area contributed by atoms with E-state index >= 15 is 0 Å². The second-order valence-electron chi connectivity index (χ2n) is 9.34.